The maximum atomic E-state index is 12.4. The average molecular weight is 379 g/mol. The normalized spacial score (nSPS) is 30.2. The lowest BCUT2D eigenvalue weighted by Gasteiger charge is -2.37. The number of nitrogens with zero attached hydrogens (tertiary/aromatic N) is 5. The zero-order valence-electron chi connectivity index (χ0n) is 14.3. The van der Waals surface area contributed by atoms with Gasteiger partial charge in [-0.25, -0.2) is 14.8 Å². The molecule has 2 aliphatic heterocycles. The Morgan fingerprint density at radius 2 is 2.15 bits per heavy atom. The molecule has 2 aromatic rings. The Morgan fingerprint density at radius 3 is 2.77 bits per heavy atom. The lowest BCUT2D eigenvalue weighted by atomic mass is 9.96. The van der Waals surface area contributed by atoms with Crippen LogP contribution in [0.3, 0.4) is 0 Å². The van der Waals surface area contributed by atoms with Crippen LogP contribution in [0.2, 0.25) is 5.02 Å². The molecule has 9 nitrogen and oxygen atoms in total. The van der Waals surface area contributed by atoms with Gasteiger partial charge in [0.05, 0.1) is 24.0 Å². The number of hydrogen-bond acceptors (Lipinski definition) is 8. The number of nitrogens with two attached hydrogens (primary N) is 1. The van der Waals surface area contributed by atoms with E-state index in [1.807, 2.05) is 11.8 Å². The summed E-state index contributed by atoms with van der Waals surface area (Å²) < 4.78 is 7.53. The van der Waals surface area contributed by atoms with Crippen LogP contribution >= 0.6 is 11.6 Å². The van der Waals surface area contributed by atoms with Crippen molar-refractivity contribution in [3.8, 4) is 0 Å². The first-order valence-corrected chi connectivity index (χ1v) is 8.69. The Bertz CT molecular complexity index is 904. The Kier molecular flexibility index (Phi) is 3.90. The highest BCUT2D eigenvalue weighted by atomic mass is 35.5. The molecular weight excluding hydrogens is 360 g/mol. The van der Waals surface area contributed by atoms with E-state index in [-0.39, 0.29) is 5.82 Å². The van der Waals surface area contributed by atoms with Gasteiger partial charge < -0.3 is 20.5 Å². The third-order valence-corrected chi connectivity index (χ3v) is 5.41. The minimum Gasteiger partial charge on any atom is -0.388 e. The van der Waals surface area contributed by atoms with Crippen molar-refractivity contribution in [1.82, 2.24) is 19.5 Å². The summed E-state index contributed by atoms with van der Waals surface area (Å²) in [5.41, 5.74) is 5.04. The maximum Gasteiger partial charge on any atom is 0.351 e. The molecule has 4 rings (SSSR count). The number of hydrogen-bond donors (Lipinski definition) is 2. The standard InChI is InChI=1S/C16H19ClN6O3/c1-3-16-7-23(14-19-4-9(17)5-20-14)10(11(16)24)13(26-16)22-6-8(2)12(18)21-15(22)25/h4-6,10-11,13,24H,3,7H2,1-2H3,(H2,18,21,25)/t10-,11+,13-,16+/m1/s1. The van der Waals surface area contributed by atoms with Crippen LogP contribution in [0, 0.1) is 6.92 Å². The van der Waals surface area contributed by atoms with Crippen LogP contribution in [0.25, 0.3) is 0 Å². The molecule has 0 saturated carbocycles. The van der Waals surface area contributed by atoms with E-state index in [2.05, 4.69) is 15.0 Å². The van der Waals surface area contributed by atoms with E-state index in [4.69, 9.17) is 22.1 Å². The van der Waals surface area contributed by atoms with Crippen molar-refractivity contribution in [1.29, 1.82) is 0 Å². The fraction of sp³-hybridized carbons (Fsp3) is 0.500. The summed E-state index contributed by atoms with van der Waals surface area (Å²) in [7, 11) is 0. The van der Waals surface area contributed by atoms with Crippen molar-refractivity contribution in [2.24, 2.45) is 0 Å². The Balaban J connectivity index is 1.79. The molecule has 10 heteroatoms. The van der Waals surface area contributed by atoms with E-state index >= 15 is 0 Å². The molecule has 138 valence electrons. The molecule has 0 unspecified atom stereocenters. The zero-order chi connectivity index (χ0) is 18.6. The summed E-state index contributed by atoms with van der Waals surface area (Å²) in [6.45, 7) is 4.12. The molecule has 0 radical (unpaired) electrons. The third kappa shape index (κ3) is 2.38. The average Bonchev–Trinajstić information content (AvgIpc) is 3.06. The summed E-state index contributed by atoms with van der Waals surface area (Å²) in [5.74, 6) is 0.605. The van der Waals surface area contributed by atoms with E-state index in [1.165, 1.54) is 17.0 Å². The molecule has 2 saturated heterocycles. The van der Waals surface area contributed by atoms with E-state index in [0.717, 1.165) is 0 Å². The highest BCUT2D eigenvalue weighted by Crippen LogP contribution is 2.48. The maximum absolute atomic E-state index is 12.4. The van der Waals surface area contributed by atoms with E-state index in [9.17, 15) is 9.90 Å². The molecule has 4 heterocycles. The number of aliphatic hydroxyl groups is 1. The molecule has 2 aromatic heterocycles. The molecule has 2 aliphatic rings. The summed E-state index contributed by atoms with van der Waals surface area (Å²) in [5, 5.41) is 11.3. The van der Waals surface area contributed by atoms with Crippen molar-refractivity contribution in [2.75, 3.05) is 17.2 Å². The first-order chi connectivity index (χ1) is 12.4. The lowest BCUT2D eigenvalue weighted by molar-refractivity contribution is -0.107. The van der Waals surface area contributed by atoms with E-state index < -0.39 is 29.7 Å². The monoisotopic (exact) mass is 378 g/mol. The molecule has 0 aliphatic carbocycles. The number of ether oxygens (including phenoxy) is 1. The van der Waals surface area contributed by atoms with Crippen LogP contribution in [0.15, 0.2) is 23.4 Å². The summed E-state index contributed by atoms with van der Waals surface area (Å²) >= 11 is 5.88. The van der Waals surface area contributed by atoms with Gasteiger partial charge in [0.15, 0.2) is 6.23 Å². The zero-order valence-corrected chi connectivity index (χ0v) is 15.1. The van der Waals surface area contributed by atoms with Crippen LogP contribution in [-0.2, 0) is 4.74 Å². The number of nitrogen functional groups attached to an aromatic ring is 1. The van der Waals surface area contributed by atoms with Gasteiger partial charge in [-0.05, 0) is 13.3 Å². The minimum absolute atomic E-state index is 0.179. The summed E-state index contributed by atoms with van der Waals surface area (Å²) in [4.78, 5) is 26.6. The number of rotatable bonds is 3. The SMILES string of the molecule is CC[C@@]12CN(c3ncc(Cl)cn3)[C@@H]([C@H](n3cc(C)c(N)nc3=O)O1)[C@@H]2O. The molecule has 0 amide bonds. The van der Waals surface area contributed by atoms with Gasteiger partial charge in [-0.2, -0.15) is 4.98 Å². The first kappa shape index (κ1) is 17.2. The van der Waals surface area contributed by atoms with E-state index in [1.54, 1.807) is 13.1 Å². The number of aryl methyl sites for hydroxylation is 1. The molecule has 4 atom stereocenters. The molecular formula is C16H19ClN6O3. The summed E-state index contributed by atoms with van der Waals surface area (Å²) in [6, 6.07) is -0.529. The number of morpholine rings is 1. The summed E-state index contributed by atoms with van der Waals surface area (Å²) in [6.07, 6.45) is 3.64. The smallest absolute Gasteiger partial charge is 0.351 e. The number of aliphatic hydroxyl groups excluding tert-OH is 1. The second kappa shape index (κ2) is 5.90. The van der Waals surface area contributed by atoms with Gasteiger partial charge in [0.25, 0.3) is 0 Å². The van der Waals surface area contributed by atoms with Gasteiger partial charge in [0.1, 0.15) is 23.6 Å². The molecule has 0 spiro atoms. The largest absolute Gasteiger partial charge is 0.388 e. The van der Waals surface area contributed by atoms with Gasteiger partial charge in [-0.3, -0.25) is 4.57 Å². The highest BCUT2D eigenvalue weighted by Gasteiger charge is 2.63. The van der Waals surface area contributed by atoms with Crippen molar-refractivity contribution in [3.05, 3.63) is 39.7 Å². The number of aromatic nitrogens is 4. The van der Waals surface area contributed by atoms with Gasteiger partial charge >= 0.3 is 5.69 Å². The minimum atomic E-state index is -0.812. The van der Waals surface area contributed by atoms with Crippen molar-refractivity contribution in [3.63, 3.8) is 0 Å². The molecule has 0 aromatic carbocycles. The number of halogens is 1. The predicted molar refractivity (Wildman–Crippen MR) is 95.0 cm³/mol. The van der Waals surface area contributed by atoms with Gasteiger partial charge in [0, 0.05) is 11.8 Å². The molecule has 2 fully saturated rings. The van der Waals surface area contributed by atoms with Gasteiger partial charge in [0.2, 0.25) is 5.95 Å². The van der Waals surface area contributed by atoms with Crippen LogP contribution in [0.1, 0.15) is 25.1 Å². The van der Waals surface area contributed by atoms with Crippen LogP contribution < -0.4 is 16.3 Å². The lowest BCUT2D eigenvalue weighted by Crippen LogP contribution is -2.48. The van der Waals surface area contributed by atoms with Crippen LogP contribution in [0.4, 0.5) is 11.8 Å². The van der Waals surface area contributed by atoms with Crippen LogP contribution in [0.5, 0.6) is 0 Å². The van der Waals surface area contributed by atoms with Crippen molar-refractivity contribution >= 4 is 23.4 Å². The van der Waals surface area contributed by atoms with E-state index in [0.29, 0.717) is 29.5 Å². The quantitative estimate of drug-likeness (QED) is 0.792. The second-order valence-corrected chi connectivity index (χ2v) is 7.13. The topological polar surface area (TPSA) is 119 Å². The fourth-order valence-corrected chi connectivity index (χ4v) is 3.84. The number of fused-ring (bicyclic) bond motifs is 2. The molecule has 2 bridgehead atoms. The molecule has 26 heavy (non-hydrogen) atoms. The number of anilines is 2. The van der Waals surface area contributed by atoms with Crippen LogP contribution in [-0.4, -0.2) is 48.9 Å². The Labute approximate surface area is 154 Å². The fourth-order valence-electron chi connectivity index (χ4n) is 3.74. The van der Waals surface area contributed by atoms with Crippen molar-refractivity contribution in [2.45, 2.75) is 44.2 Å². The highest BCUT2D eigenvalue weighted by molar-refractivity contribution is 6.30. The first-order valence-electron chi connectivity index (χ1n) is 8.31. The Morgan fingerprint density at radius 1 is 1.46 bits per heavy atom. The third-order valence-electron chi connectivity index (χ3n) is 5.22. The second-order valence-electron chi connectivity index (χ2n) is 6.69. The van der Waals surface area contributed by atoms with Gasteiger partial charge in [-0.15, -0.1) is 0 Å². The van der Waals surface area contributed by atoms with Crippen molar-refractivity contribution < 1.29 is 9.84 Å². The predicted octanol–water partition coefficient (Wildman–Crippen LogP) is 0.505. The van der Waals surface area contributed by atoms with Gasteiger partial charge in [-0.1, -0.05) is 18.5 Å². The molecule has 3 N–H and O–H groups in total. The Hall–Kier alpha value is -2.23.